The van der Waals surface area contributed by atoms with E-state index in [1.807, 2.05) is 0 Å². The predicted octanol–water partition coefficient (Wildman–Crippen LogP) is 0.609. The van der Waals surface area contributed by atoms with Crippen molar-refractivity contribution in [2.75, 3.05) is 6.61 Å². The number of aliphatic hydroxyl groups excluding tert-OH is 1. The monoisotopic (exact) mass is 506 g/mol. The predicted molar refractivity (Wildman–Crippen MR) is 109 cm³/mol. The Balaban J connectivity index is 1.74. The molecule has 28 heavy (non-hydrogen) atoms. The summed E-state index contributed by atoms with van der Waals surface area (Å²) in [6.45, 7) is -0.101. The molecule has 0 aliphatic carbocycles. The Morgan fingerprint density at radius 1 is 1.36 bits per heavy atom. The zero-order valence-electron chi connectivity index (χ0n) is 15.4. The molecule has 1 aromatic rings. The third-order valence-corrected chi connectivity index (χ3v) is 5.19. The molecule has 0 bridgehead atoms. The van der Waals surface area contributed by atoms with Crippen molar-refractivity contribution in [2.24, 2.45) is 5.73 Å². The number of nitrogens with one attached hydrogen (secondary N) is 2. The second-order valence-corrected chi connectivity index (χ2v) is 7.86. The van der Waals surface area contributed by atoms with Gasteiger partial charge in [-0.1, -0.05) is 12.8 Å². The molecule has 1 aromatic heterocycles. The topological polar surface area (TPSA) is 160 Å². The molecule has 156 valence electrons. The van der Waals surface area contributed by atoms with Crippen LogP contribution in [0, 0.1) is 8.98 Å². The van der Waals surface area contributed by atoms with Gasteiger partial charge in [0.25, 0.3) is 5.56 Å². The van der Waals surface area contributed by atoms with Gasteiger partial charge in [0, 0.05) is 25.5 Å². The molecule has 11 heteroatoms. The van der Waals surface area contributed by atoms with Crippen LogP contribution in [0.3, 0.4) is 0 Å². The minimum atomic E-state index is -0.888. The van der Waals surface area contributed by atoms with E-state index in [0.717, 1.165) is 19.3 Å². The van der Waals surface area contributed by atoms with Crippen molar-refractivity contribution < 1.29 is 19.4 Å². The first-order chi connectivity index (χ1) is 13.3. The normalized spacial score (nSPS) is 21.6. The van der Waals surface area contributed by atoms with E-state index in [1.54, 1.807) is 22.6 Å². The molecule has 1 aliphatic heterocycles. The van der Waals surface area contributed by atoms with Crippen molar-refractivity contribution in [3.05, 3.63) is 30.6 Å². The van der Waals surface area contributed by atoms with Crippen LogP contribution in [-0.2, 0) is 14.3 Å². The van der Waals surface area contributed by atoms with Gasteiger partial charge in [0.2, 0.25) is 0 Å². The van der Waals surface area contributed by atoms with Crippen molar-refractivity contribution in [1.82, 2.24) is 9.55 Å². The first kappa shape index (κ1) is 22.6. The van der Waals surface area contributed by atoms with Crippen LogP contribution in [0.4, 0.5) is 0 Å². The number of amidine groups is 1. The summed E-state index contributed by atoms with van der Waals surface area (Å²) in [6.07, 6.45) is 3.26. The number of rotatable bonds is 10. The van der Waals surface area contributed by atoms with Gasteiger partial charge in [0.15, 0.2) is 0 Å². The molecule has 1 aliphatic rings. The second kappa shape index (κ2) is 10.7. The number of nitrogens with two attached hydrogens (primary N) is 1. The average molecular weight is 506 g/mol. The number of unbranched alkanes of at least 4 members (excludes halogenated alkanes) is 3. The van der Waals surface area contributed by atoms with Crippen molar-refractivity contribution in [1.29, 1.82) is 5.41 Å². The number of halogens is 1. The fourth-order valence-electron chi connectivity index (χ4n) is 2.90. The van der Waals surface area contributed by atoms with Gasteiger partial charge in [-0.15, -0.1) is 0 Å². The number of esters is 1. The van der Waals surface area contributed by atoms with Crippen LogP contribution in [0.5, 0.6) is 0 Å². The van der Waals surface area contributed by atoms with Gasteiger partial charge in [-0.05, 0) is 35.4 Å². The largest absolute Gasteiger partial charge is 0.463 e. The van der Waals surface area contributed by atoms with Crippen molar-refractivity contribution >= 4 is 34.4 Å². The Bertz CT molecular complexity index is 808. The molecule has 0 radical (unpaired) electrons. The fourth-order valence-corrected chi connectivity index (χ4v) is 3.33. The zero-order valence-corrected chi connectivity index (χ0v) is 17.5. The number of aliphatic hydroxyl groups is 1. The maximum absolute atomic E-state index is 11.9. The van der Waals surface area contributed by atoms with Crippen LogP contribution >= 0.6 is 22.6 Å². The Labute approximate surface area is 175 Å². The summed E-state index contributed by atoms with van der Waals surface area (Å²) in [7, 11) is 0. The van der Waals surface area contributed by atoms with E-state index in [1.165, 1.54) is 10.8 Å². The number of nitrogens with zero attached hydrogens (tertiary/aromatic N) is 1. The van der Waals surface area contributed by atoms with Gasteiger partial charge in [-0.25, -0.2) is 4.79 Å². The smallest absolute Gasteiger partial charge is 0.330 e. The molecule has 0 unspecified atom stereocenters. The molecule has 0 aromatic carbocycles. The molecule has 0 spiro atoms. The Morgan fingerprint density at radius 3 is 2.71 bits per heavy atom. The number of ether oxygens (including phenoxy) is 2. The summed E-state index contributed by atoms with van der Waals surface area (Å²) in [6, 6.07) is 0. The Kier molecular flexibility index (Phi) is 8.63. The number of carbonyl (C=O) groups is 1. The van der Waals surface area contributed by atoms with Gasteiger partial charge in [0.1, 0.15) is 18.9 Å². The van der Waals surface area contributed by atoms with Gasteiger partial charge in [0.05, 0.1) is 15.5 Å². The number of aromatic nitrogens is 2. The minimum Gasteiger partial charge on any atom is -0.463 e. The number of hydrogen-bond donors (Lipinski definition) is 4. The third kappa shape index (κ3) is 6.71. The van der Waals surface area contributed by atoms with Crippen LogP contribution < -0.4 is 17.0 Å². The lowest BCUT2D eigenvalue weighted by molar-refractivity contribution is -0.150. The van der Waals surface area contributed by atoms with E-state index in [0.29, 0.717) is 16.4 Å². The lowest BCUT2D eigenvalue weighted by Crippen LogP contribution is -2.33. The van der Waals surface area contributed by atoms with Crippen molar-refractivity contribution in [2.45, 2.75) is 63.4 Å². The molecule has 2 heterocycles. The van der Waals surface area contributed by atoms with Crippen LogP contribution in [-0.4, -0.2) is 45.3 Å². The molecule has 0 saturated carbocycles. The molecule has 5 N–H and O–H groups in total. The quantitative estimate of drug-likeness (QED) is 0.119. The standard InChI is InChI=1S/C17H25IN4O6/c18-10-8-22(17(26)21-16(10)25)14-7-11(23)12(28-14)9-27-15(24)6-4-2-1-3-5-13(19)20/h8,11-12,14,23H,1-7,9H2,(H3,19,20)(H,21,25,26)/t11-,12+,14+/m0/s1/i18-2. The zero-order chi connectivity index (χ0) is 20.7. The summed E-state index contributed by atoms with van der Waals surface area (Å²) < 4.78 is 12.4. The Hall–Kier alpha value is -1.73. The van der Waals surface area contributed by atoms with E-state index in [-0.39, 0.29) is 31.3 Å². The minimum absolute atomic E-state index is 0.101. The third-order valence-electron chi connectivity index (χ3n) is 4.42. The van der Waals surface area contributed by atoms with Gasteiger partial charge in [-0.2, -0.15) is 0 Å². The fraction of sp³-hybridized carbons (Fsp3) is 0.647. The molecule has 0 amide bonds. The highest BCUT2D eigenvalue weighted by Crippen LogP contribution is 2.28. The molecule has 1 fully saturated rings. The molecule has 2 rings (SSSR count). The summed E-state index contributed by atoms with van der Waals surface area (Å²) >= 11 is 1.81. The van der Waals surface area contributed by atoms with E-state index >= 15 is 0 Å². The number of H-pyrrole nitrogens is 1. The van der Waals surface area contributed by atoms with E-state index in [4.69, 9.17) is 20.6 Å². The van der Waals surface area contributed by atoms with E-state index < -0.39 is 29.7 Å². The molecule has 3 atom stereocenters. The van der Waals surface area contributed by atoms with Gasteiger partial charge >= 0.3 is 11.7 Å². The molecular weight excluding hydrogens is 481 g/mol. The molecule has 10 nitrogen and oxygen atoms in total. The summed E-state index contributed by atoms with van der Waals surface area (Å²) in [5, 5.41) is 17.3. The van der Waals surface area contributed by atoms with Gasteiger partial charge in [-0.3, -0.25) is 24.5 Å². The van der Waals surface area contributed by atoms with Crippen LogP contribution in [0.1, 0.15) is 51.2 Å². The van der Waals surface area contributed by atoms with Crippen LogP contribution in [0.25, 0.3) is 0 Å². The summed E-state index contributed by atoms with van der Waals surface area (Å²) in [5.41, 5.74) is 4.18. The second-order valence-electron chi connectivity index (χ2n) is 6.70. The highest BCUT2D eigenvalue weighted by atomic mass is 125. The van der Waals surface area contributed by atoms with Gasteiger partial charge < -0.3 is 20.3 Å². The lowest BCUT2D eigenvalue weighted by Gasteiger charge is -2.16. The van der Waals surface area contributed by atoms with Crippen molar-refractivity contribution in [3.8, 4) is 0 Å². The molecular formula is C17H25IN4O6. The highest BCUT2D eigenvalue weighted by Gasteiger charge is 2.36. The summed E-state index contributed by atoms with van der Waals surface area (Å²) in [5.74, 6) is -0.201. The highest BCUT2D eigenvalue weighted by molar-refractivity contribution is 14.1. The first-order valence-electron chi connectivity index (χ1n) is 9.11. The number of carbonyl (C=O) groups excluding carboxylic acids is 1. The number of aromatic amines is 1. The SMILES string of the molecule is N=C(N)CCCCCCC(=O)OC[C@H]1O[C@@H](n2cc([125I])c(=O)[nH]c2=O)C[C@@H]1O. The maximum atomic E-state index is 11.9. The lowest BCUT2D eigenvalue weighted by atomic mass is 10.1. The van der Waals surface area contributed by atoms with E-state index in [9.17, 15) is 19.5 Å². The molecule has 1 saturated heterocycles. The summed E-state index contributed by atoms with van der Waals surface area (Å²) in [4.78, 5) is 37.4. The van der Waals surface area contributed by atoms with E-state index in [2.05, 4.69) is 4.98 Å². The van der Waals surface area contributed by atoms with Crippen LogP contribution in [0.2, 0.25) is 0 Å². The Morgan fingerprint density at radius 2 is 2.04 bits per heavy atom. The average Bonchev–Trinajstić information content (AvgIpc) is 2.99. The first-order valence-corrected chi connectivity index (χ1v) is 10.2. The van der Waals surface area contributed by atoms with Crippen LogP contribution in [0.15, 0.2) is 15.8 Å². The maximum Gasteiger partial charge on any atom is 0.330 e. The number of hydrogen-bond acceptors (Lipinski definition) is 7. The van der Waals surface area contributed by atoms with Crippen molar-refractivity contribution in [3.63, 3.8) is 0 Å².